The molecule has 0 unspecified atom stereocenters. The number of thiazole rings is 1. The summed E-state index contributed by atoms with van der Waals surface area (Å²) in [4.78, 5) is 25.5. The van der Waals surface area contributed by atoms with Gasteiger partial charge < -0.3 is 19.9 Å². The molecule has 1 rings (SSSR count). The summed E-state index contributed by atoms with van der Waals surface area (Å²) >= 11 is 1.04. The summed E-state index contributed by atoms with van der Waals surface area (Å²) < 4.78 is 9.44. The van der Waals surface area contributed by atoms with E-state index in [4.69, 9.17) is 9.84 Å². The number of ether oxygens (including phenoxy) is 2. The molecule has 0 aliphatic heterocycles. The number of nitrogens with one attached hydrogen (secondary N) is 1. The zero-order valence-electron chi connectivity index (χ0n) is 10.2. The number of carbonyl (C=O) groups is 2. The molecule has 18 heavy (non-hydrogen) atoms. The molecule has 100 valence electrons. The lowest BCUT2D eigenvalue weighted by atomic mass is 10.2. The predicted octanol–water partition coefficient (Wildman–Crippen LogP) is 2.22. The summed E-state index contributed by atoms with van der Waals surface area (Å²) in [5.41, 5.74) is -0.565. The lowest BCUT2D eigenvalue weighted by Gasteiger charge is -2.19. The number of carbonyl (C=O) groups excluding carboxylic acids is 1. The fourth-order valence-electron chi connectivity index (χ4n) is 0.970. The third-order valence-electron chi connectivity index (χ3n) is 1.50. The molecule has 1 aromatic heterocycles. The minimum Gasteiger partial charge on any atom is -0.449 e. The molecule has 8 heteroatoms. The summed E-state index contributed by atoms with van der Waals surface area (Å²) in [7, 11) is 0. The maximum atomic E-state index is 11.3. The fraction of sp³-hybridized carbons (Fsp3) is 0.500. The topological polar surface area (TPSA) is 97.8 Å². The SMILES string of the molecule is CC(C)(C)OC(=O)NCc1ncc(OC(=O)O)s1. The minimum atomic E-state index is -1.40. The van der Waals surface area contributed by atoms with Crippen LogP contribution in [0.5, 0.6) is 5.06 Å². The summed E-state index contributed by atoms with van der Waals surface area (Å²) in [6, 6.07) is 0. The first-order valence-corrected chi connectivity index (χ1v) is 5.90. The van der Waals surface area contributed by atoms with Gasteiger partial charge in [-0.05, 0) is 20.8 Å². The van der Waals surface area contributed by atoms with Crippen LogP contribution in [0, 0.1) is 0 Å². The number of hydrogen-bond acceptors (Lipinski definition) is 6. The predicted molar refractivity (Wildman–Crippen MR) is 63.8 cm³/mol. The Morgan fingerprint density at radius 1 is 1.50 bits per heavy atom. The Morgan fingerprint density at radius 2 is 2.17 bits per heavy atom. The highest BCUT2D eigenvalue weighted by atomic mass is 32.1. The van der Waals surface area contributed by atoms with Gasteiger partial charge in [-0.2, -0.15) is 0 Å². The quantitative estimate of drug-likeness (QED) is 0.820. The van der Waals surface area contributed by atoms with E-state index in [2.05, 4.69) is 15.0 Å². The van der Waals surface area contributed by atoms with Gasteiger partial charge in [0.1, 0.15) is 10.6 Å². The fourth-order valence-corrected chi connectivity index (χ4v) is 1.67. The zero-order chi connectivity index (χ0) is 13.8. The number of aromatic nitrogens is 1. The third kappa shape index (κ3) is 5.48. The Hall–Kier alpha value is -1.83. The van der Waals surface area contributed by atoms with Crippen LogP contribution in [0.2, 0.25) is 0 Å². The average Bonchev–Trinajstić information content (AvgIpc) is 2.59. The normalized spacial score (nSPS) is 10.8. The third-order valence-corrected chi connectivity index (χ3v) is 2.38. The van der Waals surface area contributed by atoms with E-state index in [1.807, 2.05) is 0 Å². The molecule has 0 aliphatic rings. The van der Waals surface area contributed by atoms with Crippen molar-refractivity contribution >= 4 is 23.6 Å². The summed E-state index contributed by atoms with van der Waals surface area (Å²) in [6.45, 7) is 5.43. The summed E-state index contributed by atoms with van der Waals surface area (Å²) in [5.74, 6) is 0. The van der Waals surface area contributed by atoms with E-state index >= 15 is 0 Å². The molecule has 0 aromatic carbocycles. The van der Waals surface area contributed by atoms with Crippen molar-refractivity contribution in [2.45, 2.75) is 32.9 Å². The van der Waals surface area contributed by atoms with Crippen LogP contribution in [0.4, 0.5) is 9.59 Å². The van der Waals surface area contributed by atoms with Crippen molar-refractivity contribution in [3.05, 3.63) is 11.2 Å². The first-order chi connectivity index (χ1) is 8.26. The molecule has 2 N–H and O–H groups in total. The molecule has 0 saturated carbocycles. The van der Waals surface area contributed by atoms with E-state index in [1.54, 1.807) is 20.8 Å². The summed E-state index contributed by atoms with van der Waals surface area (Å²) in [5, 5.41) is 11.6. The van der Waals surface area contributed by atoms with Crippen molar-refractivity contribution in [2.24, 2.45) is 0 Å². The molecule has 0 aliphatic carbocycles. The van der Waals surface area contributed by atoms with Crippen LogP contribution >= 0.6 is 11.3 Å². The monoisotopic (exact) mass is 274 g/mol. The van der Waals surface area contributed by atoms with E-state index in [-0.39, 0.29) is 11.6 Å². The Morgan fingerprint density at radius 3 is 2.72 bits per heavy atom. The molecule has 0 spiro atoms. The van der Waals surface area contributed by atoms with Gasteiger partial charge in [0.05, 0.1) is 12.7 Å². The van der Waals surface area contributed by atoms with Crippen molar-refractivity contribution in [1.29, 1.82) is 0 Å². The molecule has 1 aromatic rings. The second-order valence-electron chi connectivity index (χ2n) is 4.30. The molecule has 0 saturated heterocycles. The minimum absolute atomic E-state index is 0.155. The van der Waals surface area contributed by atoms with Crippen LogP contribution in [-0.4, -0.2) is 27.9 Å². The lowest BCUT2D eigenvalue weighted by molar-refractivity contribution is 0.0523. The van der Waals surface area contributed by atoms with Crippen molar-refractivity contribution in [3.63, 3.8) is 0 Å². The molecule has 1 amide bonds. The van der Waals surface area contributed by atoms with Gasteiger partial charge in [-0.1, -0.05) is 11.3 Å². The van der Waals surface area contributed by atoms with Gasteiger partial charge in [-0.15, -0.1) is 0 Å². The maximum absolute atomic E-state index is 11.3. The zero-order valence-corrected chi connectivity index (χ0v) is 11.0. The highest BCUT2D eigenvalue weighted by Crippen LogP contribution is 2.21. The molecule has 7 nitrogen and oxygen atoms in total. The van der Waals surface area contributed by atoms with Crippen LogP contribution in [0.15, 0.2) is 6.20 Å². The van der Waals surface area contributed by atoms with Crippen LogP contribution in [0.3, 0.4) is 0 Å². The molecule has 0 atom stereocenters. The number of amides is 1. The molecule has 0 bridgehead atoms. The van der Waals surface area contributed by atoms with Gasteiger partial charge >= 0.3 is 12.2 Å². The van der Waals surface area contributed by atoms with Crippen LogP contribution < -0.4 is 10.1 Å². The second kappa shape index (κ2) is 5.67. The highest BCUT2D eigenvalue weighted by Gasteiger charge is 2.16. The second-order valence-corrected chi connectivity index (χ2v) is 5.37. The van der Waals surface area contributed by atoms with E-state index in [0.717, 1.165) is 11.3 Å². The van der Waals surface area contributed by atoms with E-state index in [0.29, 0.717) is 5.01 Å². The van der Waals surface area contributed by atoms with Crippen molar-refractivity contribution in [2.75, 3.05) is 0 Å². The molecular weight excluding hydrogens is 260 g/mol. The molecule has 1 heterocycles. The van der Waals surface area contributed by atoms with E-state index in [9.17, 15) is 9.59 Å². The smallest absolute Gasteiger partial charge is 0.449 e. The Balaban J connectivity index is 2.42. The first kappa shape index (κ1) is 14.2. The largest absolute Gasteiger partial charge is 0.512 e. The standard InChI is InChI=1S/C10H14N2O5S/c1-10(2,3)17-8(13)12-4-6-11-5-7(18-6)16-9(14)15/h5H,4H2,1-3H3,(H,12,13)(H,14,15). The number of alkyl carbamates (subject to hydrolysis) is 1. The first-order valence-electron chi connectivity index (χ1n) is 5.08. The van der Waals surface area contributed by atoms with Gasteiger partial charge in [0.15, 0.2) is 0 Å². The Labute approximate surface area is 108 Å². The summed E-state index contributed by atoms with van der Waals surface area (Å²) in [6.07, 6.45) is -0.672. The van der Waals surface area contributed by atoms with Gasteiger partial charge in [0.25, 0.3) is 0 Å². The number of rotatable bonds is 3. The number of carboxylic acid groups (broad SMARTS) is 1. The van der Waals surface area contributed by atoms with Crippen LogP contribution in [0.25, 0.3) is 0 Å². The van der Waals surface area contributed by atoms with Crippen molar-refractivity contribution in [1.82, 2.24) is 10.3 Å². The molecule has 0 radical (unpaired) electrons. The average molecular weight is 274 g/mol. The van der Waals surface area contributed by atoms with Crippen LogP contribution in [-0.2, 0) is 11.3 Å². The lowest BCUT2D eigenvalue weighted by Crippen LogP contribution is -2.32. The Kier molecular flexibility index (Phi) is 4.49. The molecule has 0 fully saturated rings. The van der Waals surface area contributed by atoms with Gasteiger partial charge in [0, 0.05) is 0 Å². The van der Waals surface area contributed by atoms with Gasteiger partial charge in [-0.25, -0.2) is 14.6 Å². The van der Waals surface area contributed by atoms with Crippen molar-refractivity contribution in [3.8, 4) is 5.06 Å². The Bertz CT molecular complexity index is 438. The van der Waals surface area contributed by atoms with Gasteiger partial charge in [-0.3, -0.25) is 0 Å². The van der Waals surface area contributed by atoms with Crippen molar-refractivity contribution < 1.29 is 24.2 Å². The van der Waals surface area contributed by atoms with E-state index < -0.39 is 17.8 Å². The number of hydrogen-bond donors (Lipinski definition) is 2. The molecular formula is C10H14N2O5S. The highest BCUT2D eigenvalue weighted by molar-refractivity contribution is 7.13. The van der Waals surface area contributed by atoms with Gasteiger partial charge in [0.2, 0.25) is 5.06 Å². The number of nitrogens with zero attached hydrogens (tertiary/aromatic N) is 1. The maximum Gasteiger partial charge on any atom is 0.512 e. The van der Waals surface area contributed by atoms with Crippen LogP contribution in [0.1, 0.15) is 25.8 Å². The van der Waals surface area contributed by atoms with E-state index in [1.165, 1.54) is 6.20 Å².